The zero-order chi connectivity index (χ0) is 20.9. The Morgan fingerprint density at radius 2 is 1.90 bits per heavy atom. The molecule has 0 radical (unpaired) electrons. The molecule has 150 valence electrons. The molecule has 0 bridgehead atoms. The fourth-order valence-corrected chi connectivity index (χ4v) is 3.09. The van der Waals surface area contributed by atoms with Gasteiger partial charge >= 0.3 is 0 Å². The first-order valence-electron chi connectivity index (χ1n) is 9.46. The molecule has 0 aliphatic carbocycles. The van der Waals surface area contributed by atoms with Crippen molar-refractivity contribution >= 4 is 5.91 Å². The number of carbonyl (C=O) groups excluding carboxylic acids is 1. The average molecular weight is 399 g/mol. The second-order valence-corrected chi connectivity index (χ2v) is 6.75. The van der Waals surface area contributed by atoms with Crippen molar-refractivity contribution in [1.82, 2.24) is 25.1 Å². The molecule has 0 saturated carbocycles. The Morgan fingerprint density at radius 1 is 1.03 bits per heavy atom. The minimum Gasteiger partial charge on any atom is -0.497 e. The Hall–Kier alpha value is -4.00. The van der Waals surface area contributed by atoms with Gasteiger partial charge in [0.1, 0.15) is 11.4 Å². The maximum atomic E-state index is 12.7. The number of rotatable bonds is 6. The van der Waals surface area contributed by atoms with Gasteiger partial charge in [0, 0.05) is 43.3 Å². The number of hydrogen-bond donors (Lipinski definition) is 1. The van der Waals surface area contributed by atoms with Gasteiger partial charge in [-0.2, -0.15) is 5.10 Å². The van der Waals surface area contributed by atoms with Crippen molar-refractivity contribution in [3.8, 4) is 28.3 Å². The first-order valence-corrected chi connectivity index (χ1v) is 9.46. The highest BCUT2D eigenvalue weighted by Crippen LogP contribution is 2.23. The maximum Gasteiger partial charge on any atom is 0.269 e. The highest BCUT2D eigenvalue weighted by molar-refractivity contribution is 5.93. The van der Waals surface area contributed by atoms with Crippen LogP contribution in [0.25, 0.3) is 22.5 Å². The number of benzene rings is 1. The van der Waals surface area contributed by atoms with E-state index in [9.17, 15) is 4.79 Å². The standard InChI is InChI=1S/C23H21N5O2/c1-28-22(12-21(27-28)17-5-3-7-19(11-17)30-2)23(29)26-14-16-8-9-20(25-13-16)18-6-4-10-24-15-18/h3-13,15H,14H2,1-2H3,(H,26,29). The van der Waals surface area contributed by atoms with Gasteiger partial charge in [0.25, 0.3) is 5.91 Å². The zero-order valence-electron chi connectivity index (χ0n) is 16.7. The van der Waals surface area contributed by atoms with E-state index in [1.807, 2.05) is 48.5 Å². The molecule has 1 amide bonds. The van der Waals surface area contributed by atoms with Gasteiger partial charge in [0.2, 0.25) is 0 Å². The highest BCUT2D eigenvalue weighted by Gasteiger charge is 2.14. The van der Waals surface area contributed by atoms with Crippen LogP contribution >= 0.6 is 0 Å². The summed E-state index contributed by atoms with van der Waals surface area (Å²) in [4.78, 5) is 21.2. The van der Waals surface area contributed by atoms with Crippen LogP contribution in [0.1, 0.15) is 16.1 Å². The Bertz CT molecular complexity index is 1150. The van der Waals surface area contributed by atoms with Gasteiger partial charge in [-0.1, -0.05) is 18.2 Å². The van der Waals surface area contributed by atoms with Crippen molar-refractivity contribution in [2.75, 3.05) is 7.11 Å². The molecule has 7 nitrogen and oxygen atoms in total. The Labute approximate surface area is 174 Å². The van der Waals surface area contributed by atoms with E-state index in [-0.39, 0.29) is 5.91 Å². The molecule has 4 aromatic rings. The van der Waals surface area contributed by atoms with Crippen LogP contribution in [-0.4, -0.2) is 32.8 Å². The lowest BCUT2D eigenvalue weighted by atomic mass is 10.1. The van der Waals surface area contributed by atoms with Crippen molar-refractivity contribution in [3.05, 3.63) is 84.4 Å². The van der Waals surface area contributed by atoms with Crippen LogP contribution in [0.2, 0.25) is 0 Å². The number of amides is 1. The van der Waals surface area contributed by atoms with E-state index in [4.69, 9.17) is 4.74 Å². The third-order valence-electron chi connectivity index (χ3n) is 4.71. The van der Waals surface area contributed by atoms with Crippen LogP contribution < -0.4 is 10.1 Å². The number of nitrogens with one attached hydrogen (secondary N) is 1. The normalized spacial score (nSPS) is 10.6. The molecule has 3 aromatic heterocycles. The van der Waals surface area contributed by atoms with E-state index in [2.05, 4.69) is 20.4 Å². The van der Waals surface area contributed by atoms with Gasteiger partial charge in [-0.05, 0) is 42.0 Å². The topological polar surface area (TPSA) is 81.9 Å². The molecule has 0 unspecified atom stereocenters. The fraction of sp³-hybridized carbons (Fsp3) is 0.130. The minimum atomic E-state index is -0.199. The van der Waals surface area contributed by atoms with Crippen LogP contribution in [0.15, 0.2) is 73.2 Å². The first-order chi connectivity index (χ1) is 14.6. The summed E-state index contributed by atoms with van der Waals surface area (Å²) in [6.07, 6.45) is 5.26. The summed E-state index contributed by atoms with van der Waals surface area (Å²) in [6, 6.07) is 17.1. The second-order valence-electron chi connectivity index (χ2n) is 6.75. The summed E-state index contributed by atoms with van der Waals surface area (Å²) in [5, 5.41) is 7.39. The molecule has 30 heavy (non-hydrogen) atoms. The molecule has 0 aliphatic heterocycles. The number of carbonyl (C=O) groups is 1. The quantitative estimate of drug-likeness (QED) is 0.537. The Kier molecular flexibility index (Phi) is 5.52. The molecule has 3 heterocycles. The lowest BCUT2D eigenvalue weighted by Crippen LogP contribution is -2.25. The molecule has 0 aliphatic rings. The molecule has 1 N–H and O–H groups in total. The summed E-state index contributed by atoms with van der Waals surface area (Å²) in [5.41, 5.74) is 4.78. The minimum absolute atomic E-state index is 0.199. The van der Waals surface area contributed by atoms with Gasteiger partial charge < -0.3 is 10.1 Å². The van der Waals surface area contributed by atoms with Crippen molar-refractivity contribution < 1.29 is 9.53 Å². The van der Waals surface area contributed by atoms with Crippen LogP contribution in [0.4, 0.5) is 0 Å². The van der Waals surface area contributed by atoms with E-state index in [1.54, 1.807) is 43.5 Å². The molecular formula is C23H21N5O2. The van der Waals surface area contributed by atoms with Crippen molar-refractivity contribution in [1.29, 1.82) is 0 Å². The summed E-state index contributed by atoms with van der Waals surface area (Å²) in [7, 11) is 3.37. The van der Waals surface area contributed by atoms with Gasteiger partial charge in [0.15, 0.2) is 0 Å². The molecule has 0 saturated heterocycles. The number of methoxy groups -OCH3 is 1. The average Bonchev–Trinajstić information content (AvgIpc) is 3.20. The SMILES string of the molecule is COc1cccc(-c2cc(C(=O)NCc3ccc(-c4cccnc4)nc3)n(C)n2)c1. The van der Waals surface area contributed by atoms with Crippen molar-refractivity contribution in [3.63, 3.8) is 0 Å². The summed E-state index contributed by atoms with van der Waals surface area (Å²) >= 11 is 0. The predicted molar refractivity (Wildman–Crippen MR) is 114 cm³/mol. The van der Waals surface area contributed by atoms with E-state index in [0.717, 1.165) is 28.1 Å². The van der Waals surface area contributed by atoms with E-state index < -0.39 is 0 Å². The number of nitrogens with zero attached hydrogens (tertiary/aromatic N) is 4. The number of aromatic nitrogens is 4. The van der Waals surface area contributed by atoms with Crippen LogP contribution in [0.3, 0.4) is 0 Å². The zero-order valence-corrected chi connectivity index (χ0v) is 16.7. The number of aryl methyl sites for hydroxylation is 1. The van der Waals surface area contributed by atoms with E-state index in [0.29, 0.717) is 17.9 Å². The maximum absolute atomic E-state index is 12.7. The molecule has 1 aromatic carbocycles. The third-order valence-corrected chi connectivity index (χ3v) is 4.71. The fourth-order valence-electron chi connectivity index (χ4n) is 3.09. The highest BCUT2D eigenvalue weighted by atomic mass is 16.5. The molecule has 4 rings (SSSR count). The van der Waals surface area contributed by atoms with Gasteiger partial charge in [-0.25, -0.2) is 0 Å². The third kappa shape index (κ3) is 4.20. The van der Waals surface area contributed by atoms with E-state index in [1.165, 1.54) is 0 Å². The molecule has 7 heteroatoms. The molecule has 0 spiro atoms. The van der Waals surface area contributed by atoms with Crippen LogP contribution in [-0.2, 0) is 13.6 Å². The molecule has 0 atom stereocenters. The number of pyridine rings is 2. The Balaban J connectivity index is 1.43. The van der Waals surface area contributed by atoms with Gasteiger partial charge in [-0.3, -0.25) is 19.4 Å². The second kappa shape index (κ2) is 8.57. The number of hydrogen-bond acceptors (Lipinski definition) is 5. The van der Waals surface area contributed by atoms with Gasteiger partial charge in [-0.15, -0.1) is 0 Å². The smallest absolute Gasteiger partial charge is 0.269 e. The summed E-state index contributed by atoms with van der Waals surface area (Å²) in [6.45, 7) is 0.374. The van der Waals surface area contributed by atoms with Gasteiger partial charge in [0.05, 0.1) is 18.5 Å². The van der Waals surface area contributed by atoms with Crippen LogP contribution in [0.5, 0.6) is 5.75 Å². The first kappa shape index (κ1) is 19.3. The largest absolute Gasteiger partial charge is 0.497 e. The van der Waals surface area contributed by atoms with Crippen molar-refractivity contribution in [2.24, 2.45) is 7.05 Å². The summed E-state index contributed by atoms with van der Waals surface area (Å²) in [5.74, 6) is 0.543. The predicted octanol–water partition coefficient (Wildman–Crippen LogP) is 3.48. The molecule has 0 fully saturated rings. The van der Waals surface area contributed by atoms with E-state index >= 15 is 0 Å². The number of ether oxygens (including phenoxy) is 1. The van der Waals surface area contributed by atoms with Crippen molar-refractivity contribution in [2.45, 2.75) is 6.54 Å². The monoisotopic (exact) mass is 399 g/mol. The summed E-state index contributed by atoms with van der Waals surface area (Å²) < 4.78 is 6.84. The Morgan fingerprint density at radius 3 is 2.63 bits per heavy atom. The molecular weight excluding hydrogens is 378 g/mol. The van der Waals surface area contributed by atoms with Crippen LogP contribution in [0, 0.1) is 0 Å². The lowest BCUT2D eigenvalue weighted by molar-refractivity contribution is 0.0941. The lowest BCUT2D eigenvalue weighted by Gasteiger charge is -2.06.